The van der Waals surface area contributed by atoms with E-state index in [1.165, 1.54) is 25.2 Å². The van der Waals surface area contributed by atoms with Gasteiger partial charge in [-0.3, -0.25) is 4.79 Å². The van der Waals surface area contributed by atoms with Crippen LogP contribution in [0.1, 0.15) is 10.5 Å². The lowest BCUT2D eigenvalue weighted by Gasteiger charge is -2.01. The summed E-state index contributed by atoms with van der Waals surface area (Å²) in [4.78, 5) is 14.3. The maximum absolute atomic E-state index is 11.3. The predicted molar refractivity (Wildman–Crippen MR) is 49.0 cm³/mol. The molecule has 0 unspecified atom stereocenters. The molecule has 0 saturated carbocycles. The van der Waals surface area contributed by atoms with Crippen molar-refractivity contribution in [2.24, 2.45) is 5.73 Å². The van der Waals surface area contributed by atoms with E-state index < -0.39 is 15.9 Å². The molecule has 1 amide bonds. The maximum Gasteiger partial charge on any atom is 0.267 e. The van der Waals surface area contributed by atoms with Crippen molar-refractivity contribution < 1.29 is 13.2 Å². The van der Waals surface area contributed by atoms with Crippen molar-refractivity contribution in [3.05, 3.63) is 23.9 Å². The van der Waals surface area contributed by atoms with E-state index in [2.05, 4.69) is 9.71 Å². The molecule has 0 bridgehead atoms. The molecule has 0 aliphatic rings. The molecule has 0 saturated heterocycles. The average Bonchev–Trinajstić information content (AvgIpc) is 2.18. The van der Waals surface area contributed by atoms with E-state index >= 15 is 0 Å². The Bertz CT molecular complexity index is 455. The third kappa shape index (κ3) is 2.06. The molecule has 76 valence electrons. The molecule has 1 aromatic rings. The highest BCUT2D eigenvalue weighted by Crippen LogP contribution is 2.05. The highest BCUT2D eigenvalue weighted by atomic mass is 32.2. The van der Waals surface area contributed by atoms with Gasteiger partial charge in [-0.05, 0) is 19.2 Å². The number of rotatable bonds is 3. The lowest BCUT2D eigenvalue weighted by molar-refractivity contribution is 0.0995. The number of carbonyl (C=O) groups is 1. The Morgan fingerprint density at radius 1 is 1.50 bits per heavy atom. The molecule has 14 heavy (non-hydrogen) atoms. The van der Waals surface area contributed by atoms with Crippen LogP contribution in [0.4, 0.5) is 0 Å². The largest absolute Gasteiger partial charge is 0.364 e. The summed E-state index contributed by atoms with van der Waals surface area (Å²) in [5.74, 6) is -0.766. The van der Waals surface area contributed by atoms with Crippen LogP contribution in [0.5, 0.6) is 0 Å². The van der Waals surface area contributed by atoms with Gasteiger partial charge < -0.3 is 5.73 Å². The normalized spacial score (nSPS) is 11.2. The van der Waals surface area contributed by atoms with Crippen LogP contribution in [0.15, 0.2) is 23.2 Å². The predicted octanol–water partition coefficient (Wildman–Crippen LogP) is -0.911. The number of nitrogens with one attached hydrogen (secondary N) is 1. The van der Waals surface area contributed by atoms with E-state index in [-0.39, 0.29) is 10.7 Å². The smallest absolute Gasteiger partial charge is 0.267 e. The molecule has 3 N–H and O–H groups in total. The van der Waals surface area contributed by atoms with Gasteiger partial charge in [-0.2, -0.15) is 0 Å². The minimum Gasteiger partial charge on any atom is -0.364 e. The van der Waals surface area contributed by atoms with Gasteiger partial charge in [-0.25, -0.2) is 18.1 Å². The summed E-state index contributed by atoms with van der Waals surface area (Å²) < 4.78 is 24.6. The fourth-order valence-corrected chi connectivity index (χ4v) is 1.49. The van der Waals surface area contributed by atoms with Crippen LogP contribution >= 0.6 is 0 Å². The van der Waals surface area contributed by atoms with Crippen LogP contribution in [0.3, 0.4) is 0 Å². The molecule has 0 aliphatic heterocycles. The molecule has 6 nitrogen and oxygen atoms in total. The molecule has 0 aliphatic carbocycles. The molecule has 0 fully saturated rings. The van der Waals surface area contributed by atoms with E-state index in [9.17, 15) is 13.2 Å². The SMILES string of the molecule is CNS(=O)(=O)c1cccc(C(N)=O)n1. The molecule has 0 spiro atoms. The van der Waals surface area contributed by atoms with Gasteiger partial charge in [0.2, 0.25) is 0 Å². The van der Waals surface area contributed by atoms with Crippen LogP contribution in [0.25, 0.3) is 0 Å². The Balaban J connectivity index is 3.26. The molecule has 1 aromatic heterocycles. The number of nitrogens with two attached hydrogens (primary N) is 1. The van der Waals surface area contributed by atoms with Gasteiger partial charge in [0.1, 0.15) is 5.69 Å². The average molecular weight is 215 g/mol. The van der Waals surface area contributed by atoms with E-state index in [1.54, 1.807) is 0 Å². The monoisotopic (exact) mass is 215 g/mol. The third-order valence-electron chi connectivity index (χ3n) is 1.52. The van der Waals surface area contributed by atoms with Gasteiger partial charge in [0.25, 0.3) is 15.9 Å². The van der Waals surface area contributed by atoms with Gasteiger partial charge in [0.15, 0.2) is 5.03 Å². The lowest BCUT2D eigenvalue weighted by Crippen LogP contribution is -2.22. The summed E-state index contributed by atoms with van der Waals surface area (Å²) in [5.41, 5.74) is 4.87. The second kappa shape index (κ2) is 3.72. The molecule has 0 radical (unpaired) electrons. The molecule has 1 heterocycles. The fraction of sp³-hybridized carbons (Fsp3) is 0.143. The molecule has 1 rings (SSSR count). The zero-order chi connectivity index (χ0) is 10.8. The number of aromatic nitrogens is 1. The first-order valence-corrected chi connectivity index (χ1v) is 5.16. The number of amides is 1. The summed E-state index contributed by atoms with van der Waals surface area (Å²) in [7, 11) is -2.37. The zero-order valence-corrected chi connectivity index (χ0v) is 8.21. The van der Waals surface area contributed by atoms with Crippen molar-refractivity contribution in [3.63, 3.8) is 0 Å². The quantitative estimate of drug-likeness (QED) is 0.681. The van der Waals surface area contributed by atoms with E-state index in [1.807, 2.05) is 0 Å². The van der Waals surface area contributed by atoms with Gasteiger partial charge in [0.05, 0.1) is 0 Å². The van der Waals surface area contributed by atoms with E-state index in [4.69, 9.17) is 5.73 Å². The second-order valence-corrected chi connectivity index (χ2v) is 4.27. The number of nitrogens with zero attached hydrogens (tertiary/aromatic N) is 1. The van der Waals surface area contributed by atoms with Crippen molar-refractivity contribution >= 4 is 15.9 Å². The fourth-order valence-electron chi connectivity index (χ4n) is 0.806. The van der Waals surface area contributed by atoms with Crippen molar-refractivity contribution in [2.75, 3.05) is 7.05 Å². The van der Waals surface area contributed by atoms with E-state index in [0.29, 0.717) is 0 Å². The molecular formula is C7H9N3O3S. The van der Waals surface area contributed by atoms with Crippen LogP contribution in [0.2, 0.25) is 0 Å². The summed E-state index contributed by atoms with van der Waals surface area (Å²) in [6.07, 6.45) is 0. The Kier molecular flexibility index (Phi) is 2.82. The Morgan fingerprint density at radius 2 is 2.14 bits per heavy atom. The lowest BCUT2D eigenvalue weighted by atomic mass is 10.3. The molecular weight excluding hydrogens is 206 g/mol. The van der Waals surface area contributed by atoms with Crippen molar-refractivity contribution in [1.82, 2.24) is 9.71 Å². The van der Waals surface area contributed by atoms with Gasteiger partial charge in [-0.15, -0.1) is 0 Å². The number of sulfonamides is 1. The number of carbonyl (C=O) groups excluding carboxylic acids is 1. The first-order chi connectivity index (χ1) is 6.47. The highest BCUT2D eigenvalue weighted by molar-refractivity contribution is 7.89. The minimum atomic E-state index is -3.62. The maximum atomic E-state index is 11.3. The topological polar surface area (TPSA) is 102 Å². The van der Waals surface area contributed by atoms with Gasteiger partial charge in [0, 0.05) is 0 Å². The highest BCUT2D eigenvalue weighted by Gasteiger charge is 2.14. The molecule has 0 aromatic carbocycles. The summed E-state index contributed by atoms with van der Waals surface area (Å²) >= 11 is 0. The van der Waals surface area contributed by atoms with E-state index in [0.717, 1.165) is 0 Å². The minimum absolute atomic E-state index is 0.0821. The van der Waals surface area contributed by atoms with Gasteiger partial charge >= 0.3 is 0 Å². The Labute approximate surface area is 81.2 Å². The number of pyridine rings is 1. The third-order valence-corrected chi connectivity index (χ3v) is 2.84. The summed E-state index contributed by atoms with van der Waals surface area (Å²) in [5, 5.41) is -0.226. The summed E-state index contributed by atoms with van der Waals surface area (Å²) in [6, 6.07) is 4.02. The van der Waals surface area contributed by atoms with Crippen molar-refractivity contribution in [3.8, 4) is 0 Å². The standard InChI is InChI=1S/C7H9N3O3S/c1-9-14(12,13)6-4-2-3-5(10-6)7(8)11/h2-4,9H,1H3,(H2,8,11). The number of primary amides is 1. The first kappa shape index (κ1) is 10.6. The van der Waals surface area contributed by atoms with Gasteiger partial charge in [-0.1, -0.05) is 6.07 Å². The second-order valence-electron chi connectivity index (χ2n) is 2.43. The van der Waals surface area contributed by atoms with Crippen LogP contribution in [-0.2, 0) is 10.0 Å². The Morgan fingerprint density at radius 3 is 2.64 bits per heavy atom. The molecule has 7 heteroatoms. The summed E-state index contributed by atoms with van der Waals surface area (Å²) in [6.45, 7) is 0. The van der Waals surface area contributed by atoms with Crippen molar-refractivity contribution in [1.29, 1.82) is 0 Å². The zero-order valence-electron chi connectivity index (χ0n) is 7.39. The Hall–Kier alpha value is -1.47. The number of hydrogen-bond donors (Lipinski definition) is 2. The first-order valence-electron chi connectivity index (χ1n) is 3.68. The van der Waals surface area contributed by atoms with Crippen LogP contribution < -0.4 is 10.5 Å². The molecule has 0 atom stereocenters. The van der Waals surface area contributed by atoms with Crippen molar-refractivity contribution in [2.45, 2.75) is 5.03 Å². The van der Waals surface area contributed by atoms with Crippen LogP contribution in [0, 0.1) is 0 Å². The van der Waals surface area contributed by atoms with Crippen LogP contribution in [-0.4, -0.2) is 26.4 Å². The number of hydrogen-bond acceptors (Lipinski definition) is 4.